The Hall–Kier alpha value is -5.05. The molecule has 17 heteroatoms. The number of carbonyl (C=O) groups excluding carboxylic acids is 4. The molecule has 3 amide bonds. The number of carbonyl (C=O) groups is 4. The maximum Gasteiger partial charge on any atom is 0.407 e. The molecule has 1 heterocycles. The molecule has 0 saturated carbocycles. The van der Waals surface area contributed by atoms with E-state index in [-0.39, 0.29) is 69.2 Å². The third-order valence-electron chi connectivity index (χ3n) is 8.75. The molecule has 3 aromatic rings. The molecular weight excluding hydrogens is 769 g/mol. The third-order valence-corrected chi connectivity index (χ3v) is 11.2. The number of H-pyrrole nitrogens is 1. The zero-order chi connectivity index (χ0) is 42.7. The van der Waals surface area contributed by atoms with Crippen LogP contribution in [0.15, 0.2) is 64.3 Å². The van der Waals surface area contributed by atoms with E-state index in [1.165, 1.54) is 6.20 Å². The normalized spacial score (nSPS) is 12.7. The summed E-state index contributed by atoms with van der Waals surface area (Å²) in [5.74, 6) is -1.84. The molecule has 1 aromatic heterocycles. The molecule has 16 nitrogen and oxygen atoms in total. The van der Waals surface area contributed by atoms with Gasteiger partial charge < -0.3 is 34.1 Å². The zero-order valence-corrected chi connectivity index (χ0v) is 35.3. The molecule has 0 atom stereocenters. The van der Waals surface area contributed by atoms with E-state index in [0.29, 0.717) is 6.42 Å². The number of rotatable bonds is 19. The minimum Gasteiger partial charge on any atom is -0.465 e. The highest BCUT2D eigenvalue weighted by Gasteiger charge is 2.35. The number of hydrogen-bond donors (Lipinski definition) is 3. The molecule has 0 unspecified atom stereocenters. The van der Waals surface area contributed by atoms with Gasteiger partial charge in [-0.05, 0) is 83.6 Å². The van der Waals surface area contributed by atoms with Gasteiger partial charge in [-0.15, -0.1) is 0 Å². The molecule has 0 radical (unpaired) electrons. The number of aromatic nitrogens is 2. The molecule has 0 saturated heterocycles. The fourth-order valence-corrected chi connectivity index (χ4v) is 8.84. The minimum absolute atomic E-state index is 0.0654. The Kier molecular flexibility index (Phi) is 15.8. The van der Waals surface area contributed by atoms with Gasteiger partial charge in [0.05, 0.1) is 24.0 Å². The van der Waals surface area contributed by atoms with Crippen molar-refractivity contribution in [1.29, 1.82) is 0 Å². The second-order valence-corrected chi connectivity index (χ2v) is 17.9. The van der Waals surface area contributed by atoms with Crippen LogP contribution in [0.4, 0.5) is 4.79 Å². The van der Waals surface area contributed by atoms with Gasteiger partial charge in [0.2, 0.25) is 11.8 Å². The predicted molar refractivity (Wildman–Crippen MR) is 218 cm³/mol. The first kappa shape index (κ1) is 45.6. The summed E-state index contributed by atoms with van der Waals surface area (Å²) in [5.41, 5.74) is 1.51. The van der Waals surface area contributed by atoms with Crippen LogP contribution in [0.5, 0.6) is 0 Å². The lowest BCUT2D eigenvalue weighted by Gasteiger charge is -2.32. The first-order valence-electron chi connectivity index (χ1n) is 19.4. The number of aryl methyl sites for hydroxylation is 1. The summed E-state index contributed by atoms with van der Waals surface area (Å²) in [5, 5.41) is 5.36. The van der Waals surface area contributed by atoms with Crippen LogP contribution in [0, 0.1) is 0 Å². The smallest absolute Gasteiger partial charge is 0.407 e. The van der Waals surface area contributed by atoms with Gasteiger partial charge in [0.1, 0.15) is 19.7 Å². The standard InChI is InChI=1S/C41H56N5O11P/c1-8-54-36(49)26-45(22-21-43-39(52)55-27-33-31-17-11-9-15-29(31)30-16-10-12-18-32(30)33)35(48)25-46-24-28(37(50)44-38(46)51)14-13-20-42-34(47)19-23-58(53,56-40(2,3)4)57-41(5,6)7/h9-12,15-18,24,33H,8,13-14,19-23,25-27H2,1-7H3,(H,42,47)(H,43,52)(H,44,50,51). The summed E-state index contributed by atoms with van der Waals surface area (Å²) in [6, 6.07) is 15.9. The van der Waals surface area contributed by atoms with Crippen molar-refractivity contribution in [2.75, 3.05) is 45.6 Å². The van der Waals surface area contributed by atoms with Crippen LogP contribution >= 0.6 is 7.60 Å². The first-order chi connectivity index (χ1) is 27.3. The van der Waals surface area contributed by atoms with Crippen LogP contribution in [-0.4, -0.2) is 95.1 Å². The topological polar surface area (TPSA) is 204 Å². The summed E-state index contributed by atoms with van der Waals surface area (Å²) in [6.07, 6.45) is 0.797. The van der Waals surface area contributed by atoms with E-state index in [0.717, 1.165) is 31.7 Å². The van der Waals surface area contributed by atoms with Crippen LogP contribution in [0.3, 0.4) is 0 Å². The molecule has 0 aliphatic heterocycles. The maximum atomic E-state index is 13.5. The first-order valence-corrected chi connectivity index (χ1v) is 21.1. The number of hydrogen-bond acceptors (Lipinski definition) is 11. The van der Waals surface area contributed by atoms with Crippen molar-refractivity contribution < 1.29 is 42.3 Å². The summed E-state index contributed by atoms with van der Waals surface area (Å²) in [7, 11) is -3.61. The highest BCUT2D eigenvalue weighted by atomic mass is 31.2. The van der Waals surface area contributed by atoms with Crippen molar-refractivity contribution in [2.45, 2.75) is 91.4 Å². The van der Waals surface area contributed by atoms with Gasteiger partial charge in [0, 0.05) is 43.7 Å². The van der Waals surface area contributed by atoms with E-state index < -0.39 is 61.1 Å². The predicted octanol–water partition coefficient (Wildman–Crippen LogP) is 4.73. The molecule has 3 N–H and O–H groups in total. The van der Waals surface area contributed by atoms with Gasteiger partial charge in [-0.25, -0.2) is 9.59 Å². The SMILES string of the molecule is CCOC(=O)CN(CCNC(=O)OCC1c2ccccc2-c2ccccc21)C(=O)Cn1cc(CCCNC(=O)CCP(=O)(OC(C)(C)C)OC(C)(C)C)c(=O)[nH]c1=O. The number of alkyl carbamates (subject to hydrolysis) is 1. The summed E-state index contributed by atoms with van der Waals surface area (Å²) >= 11 is 0. The largest absolute Gasteiger partial charge is 0.465 e. The van der Waals surface area contributed by atoms with Gasteiger partial charge in [-0.3, -0.25) is 33.3 Å². The zero-order valence-electron chi connectivity index (χ0n) is 34.4. The Morgan fingerprint density at radius 2 is 1.47 bits per heavy atom. The number of benzene rings is 2. The minimum atomic E-state index is -3.61. The summed E-state index contributed by atoms with van der Waals surface area (Å²) in [6.45, 7) is 11.4. The molecule has 316 valence electrons. The molecule has 1 aliphatic carbocycles. The molecule has 0 spiro atoms. The summed E-state index contributed by atoms with van der Waals surface area (Å²) < 4.78 is 36.5. The van der Waals surface area contributed by atoms with Gasteiger partial charge in [-0.1, -0.05) is 48.5 Å². The van der Waals surface area contributed by atoms with Crippen molar-refractivity contribution in [3.05, 3.63) is 92.3 Å². The van der Waals surface area contributed by atoms with Crippen molar-refractivity contribution >= 4 is 31.5 Å². The van der Waals surface area contributed by atoms with Crippen molar-refractivity contribution in [3.63, 3.8) is 0 Å². The Balaban J connectivity index is 1.30. The number of nitrogens with zero attached hydrogens (tertiary/aromatic N) is 2. The van der Waals surface area contributed by atoms with Crippen molar-refractivity contribution in [2.24, 2.45) is 0 Å². The number of ether oxygens (including phenoxy) is 2. The van der Waals surface area contributed by atoms with E-state index in [2.05, 4.69) is 15.6 Å². The number of nitrogens with one attached hydrogen (secondary N) is 3. The quantitative estimate of drug-likeness (QED) is 0.0857. The number of amides is 3. The average molecular weight is 826 g/mol. The molecule has 58 heavy (non-hydrogen) atoms. The lowest BCUT2D eigenvalue weighted by atomic mass is 9.98. The monoisotopic (exact) mass is 825 g/mol. The van der Waals surface area contributed by atoms with E-state index in [9.17, 15) is 33.3 Å². The van der Waals surface area contributed by atoms with Crippen LogP contribution in [0.25, 0.3) is 11.1 Å². The van der Waals surface area contributed by atoms with Gasteiger partial charge in [0.15, 0.2) is 0 Å². The van der Waals surface area contributed by atoms with E-state index >= 15 is 0 Å². The Bertz CT molecular complexity index is 2030. The highest BCUT2D eigenvalue weighted by molar-refractivity contribution is 7.54. The molecule has 2 aromatic carbocycles. The molecule has 4 rings (SSSR count). The second-order valence-electron chi connectivity index (χ2n) is 15.9. The third kappa shape index (κ3) is 13.8. The molecular formula is C41H56N5O11P. The van der Waals surface area contributed by atoms with Crippen LogP contribution in [-0.2, 0) is 50.4 Å². The number of esters is 1. The average Bonchev–Trinajstić information content (AvgIpc) is 3.45. The van der Waals surface area contributed by atoms with Crippen molar-refractivity contribution in [3.8, 4) is 11.1 Å². The fourth-order valence-electron chi connectivity index (χ4n) is 6.47. The van der Waals surface area contributed by atoms with Gasteiger partial charge in [0.25, 0.3) is 5.56 Å². The van der Waals surface area contributed by atoms with E-state index in [1.54, 1.807) is 48.5 Å². The van der Waals surface area contributed by atoms with E-state index in [4.69, 9.17) is 18.5 Å². The van der Waals surface area contributed by atoms with Crippen LogP contribution < -0.4 is 21.9 Å². The second kappa shape index (κ2) is 20.1. The Morgan fingerprint density at radius 3 is 2.05 bits per heavy atom. The number of fused-ring (bicyclic) bond motifs is 3. The molecule has 1 aliphatic rings. The van der Waals surface area contributed by atoms with Gasteiger partial charge >= 0.3 is 25.3 Å². The van der Waals surface area contributed by atoms with Crippen LogP contribution in [0.1, 0.15) is 83.9 Å². The van der Waals surface area contributed by atoms with Crippen molar-refractivity contribution in [1.82, 2.24) is 25.1 Å². The molecule has 0 fully saturated rings. The highest BCUT2D eigenvalue weighted by Crippen LogP contribution is 2.54. The number of aromatic amines is 1. The Morgan fingerprint density at radius 1 is 0.862 bits per heavy atom. The lowest BCUT2D eigenvalue weighted by Crippen LogP contribution is -2.45. The maximum absolute atomic E-state index is 13.5. The lowest BCUT2D eigenvalue weighted by molar-refractivity contribution is -0.149. The van der Waals surface area contributed by atoms with Gasteiger partial charge in [-0.2, -0.15) is 0 Å². The van der Waals surface area contributed by atoms with E-state index in [1.807, 2.05) is 48.5 Å². The summed E-state index contributed by atoms with van der Waals surface area (Å²) in [4.78, 5) is 80.0. The molecule has 0 bridgehead atoms. The van der Waals surface area contributed by atoms with Crippen LogP contribution in [0.2, 0.25) is 0 Å². The fraction of sp³-hybridized carbons (Fsp3) is 0.512. The Labute approximate surface area is 338 Å².